The van der Waals surface area contributed by atoms with Crippen LogP contribution in [0.5, 0.6) is 0 Å². The van der Waals surface area contributed by atoms with E-state index < -0.39 is 15.8 Å². The van der Waals surface area contributed by atoms with Gasteiger partial charge in [0.2, 0.25) is 10.0 Å². The fraction of sp³-hybridized carbons (Fsp3) is 0.0769. The molecule has 0 saturated heterocycles. The van der Waals surface area contributed by atoms with Gasteiger partial charge >= 0.3 is 0 Å². The quantitative estimate of drug-likeness (QED) is 0.943. The minimum absolute atomic E-state index is 0.0103. The van der Waals surface area contributed by atoms with E-state index in [9.17, 15) is 12.8 Å². The third-order valence-corrected chi connectivity index (χ3v) is 4.29. The fourth-order valence-electron chi connectivity index (χ4n) is 1.52. The molecule has 0 radical (unpaired) electrons. The summed E-state index contributed by atoms with van der Waals surface area (Å²) >= 11 is 5.83. The van der Waals surface area contributed by atoms with Gasteiger partial charge in [-0.1, -0.05) is 35.9 Å². The SMILES string of the molecule is O=S(=O)(NCc1ccc(F)cc1Cl)c1ccccc1. The molecule has 0 unspecified atom stereocenters. The van der Waals surface area contributed by atoms with E-state index in [1.54, 1.807) is 18.2 Å². The van der Waals surface area contributed by atoms with Crippen LogP contribution in [0.2, 0.25) is 5.02 Å². The van der Waals surface area contributed by atoms with Crippen molar-refractivity contribution in [1.82, 2.24) is 4.72 Å². The van der Waals surface area contributed by atoms with E-state index in [4.69, 9.17) is 11.6 Å². The summed E-state index contributed by atoms with van der Waals surface area (Å²) in [6.07, 6.45) is 0. The van der Waals surface area contributed by atoms with Gasteiger partial charge in [-0.05, 0) is 29.8 Å². The molecule has 0 saturated carbocycles. The Kier molecular flexibility index (Phi) is 4.19. The number of benzene rings is 2. The summed E-state index contributed by atoms with van der Waals surface area (Å²) < 4.78 is 39.2. The van der Waals surface area contributed by atoms with Crippen molar-refractivity contribution in [2.24, 2.45) is 0 Å². The van der Waals surface area contributed by atoms with Gasteiger partial charge in [0.1, 0.15) is 5.82 Å². The predicted molar refractivity (Wildman–Crippen MR) is 71.9 cm³/mol. The molecule has 0 aliphatic carbocycles. The first-order chi connectivity index (χ1) is 8.99. The van der Waals surface area contributed by atoms with E-state index in [1.165, 1.54) is 24.3 Å². The van der Waals surface area contributed by atoms with Crippen molar-refractivity contribution in [2.75, 3.05) is 0 Å². The molecule has 3 nitrogen and oxygen atoms in total. The lowest BCUT2D eigenvalue weighted by atomic mass is 10.2. The maximum atomic E-state index is 12.9. The zero-order valence-corrected chi connectivity index (χ0v) is 11.4. The lowest BCUT2D eigenvalue weighted by Crippen LogP contribution is -2.23. The monoisotopic (exact) mass is 299 g/mol. The van der Waals surface area contributed by atoms with E-state index in [0.29, 0.717) is 5.56 Å². The lowest BCUT2D eigenvalue weighted by molar-refractivity contribution is 0.581. The average molecular weight is 300 g/mol. The molecule has 6 heteroatoms. The molecule has 19 heavy (non-hydrogen) atoms. The molecule has 2 rings (SSSR count). The lowest BCUT2D eigenvalue weighted by Gasteiger charge is -2.08. The summed E-state index contributed by atoms with van der Waals surface area (Å²) in [5, 5.41) is 0.191. The summed E-state index contributed by atoms with van der Waals surface area (Å²) in [7, 11) is -3.59. The fourth-order valence-corrected chi connectivity index (χ4v) is 2.78. The number of rotatable bonds is 4. The van der Waals surface area contributed by atoms with Gasteiger partial charge in [-0.2, -0.15) is 0 Å². The van der Waals surface area contributed by atoms with Crippen molar-refractivity contribution < 1.29 is 12.8 Å². The topological polar surface area (TPSA) is 46.2 Å². The van der Waals surface area contributed by atoms with Crippen LogP contribution in [0.3, 0.4) is 0 Å². The highest BCUT2D eigenvalue weighted by atomic mass is 35.5. The molecule has 2 aromatic carbocycles. The number of nitrogens with one attached hydrogen (secondary N) is 1. The van der Waals surface area contributed by atoms with Gasteiger partial charge in [0.15, 0.2) is 0 Å². The highest BCUT2D eigenvalue weighted by Gasteiger charge is 2.13. The minimum Gasteiger partial charge on any atom is -0.207 e. The van der Waals surface area contributed by atoms with Gasteiger partial charge in [-0.25, -0.2) is 17.5 Å². The number of halogens is 2. The molecular weight excluding hydrogens is 289 g/mol. The van der Waals surface area contributed by atoms with Crippen molar-refractivity contribution in [1.29, 1.82) is 0 Å². The van der Waals surface area contributed by atoms with E-state index in [2.05, 4.69) is 4.72 Å². The van der Waals surface area contributed by atoms with Crippen molar-refractivity contribution in [3.05, 3.63) is 64.9 Å². The van der Waals surface area contributed by atoms with Gasteiger partial charge in [0, 0.05) is 11.6 Å². The third-order valence-electron chi connectivity index (χ3n) is 2.52. The average Bonchev–Trinajstić information content (AvgIpc) is 2.39. The van der Waals surface area contributed by atoms with E-state index in [1.807, 2.05) is 0 Å². The van der Waals surface area contributed by atoms with Gasteiger partial charge < -0.3 is 0 Å². The first-order valence-corrected chi connectivity index (χ1v) is 7.34. The van der Waals surface area contributed by atoms with Gasteiger partial charge in [0.05, 0.1) is 4.90 Å². The third kappa shape index (κ3) is 3.53. The Morgan fingerprint density at radius 1 is 1.11 bits per heavy atom. The molecule has 0 bridgehead atoms. The van der Waals surface area contributed by atoms with Crippen molar-refractivity contribution in [3.8, 4) is 0 Å². The van der Waals surface area contributed by atoms with Crippen LogP contribution in [0.4, 0.5) is 4.39 Å². The number of sulfonamides is 1. The Labute approximate surface area is 116 Å². The van der Waals surface area contributed by atoms with Crippen molar-refractivity contribution in [2.45, 2.75) is 11.4 Å². The highest BCUT2D eigenvalue weighted by molar-refractivity contribution is 7.89. The van der Waals surface area contributed by atoms with Gasteiger partial charge in [0.25, 0.3) is 0 Å². The number of hydrogen-bond donors (Lipinski definition) is 1. The van der Waals surface area contributed by atoms with Crippen molar-refractivity contribution in [3.63, 3.8) is 0 Å². The molecule has 100 valence electrons. The first-order valence-electron chi connectivity index (χ1n) is 5.48. The molecule has 0 aromatic heterocycles. The minimum atomic E-state index is -3.59. The van der Waals surface area contributed by atoms with Crippen LogP contribution in [-0.4, -0.2) is 8.42 Å². The predicted octanol–water partition coefficient (Wildman–Crippen LogP) is 2.96. The van der Waals surface area contributed by atoms with Crippen LogP contribution < -0.4 is 4.72 Å². The van der Waals surface area contributed by atoms with E-state index in [0.717, 1.165) is 6.07 Å². The highest BCUT2D eigenvalue weighted by Crippen LogP contribution is 2.18. The Bertz CT molecular complexity index is 674. The second kappa shape index (κ2) is 5.69. The molecule has 1 N–H and O–H groups in total. The van der Waals surface area contributed by atoms with Crippen molar-refractivity contribution >= 4 is 21.6 Å². The summed E-state index contributed by atoms with van der Waals surface area (Å²) in [6.45, 7) is 0.0103. The molecule has 0 aliphatic rings. The zero-order chi connectivity index (χ0) is 13.9. The Hall–Kier alpha value is -1.43. The standard InChI is InChI=1S/C13H11ClFNO2S/c14-13-8-11(15)7-6-10(13)9-16-19(17,18)12-4-2-1-3-5-12/h1-8,16H,9H2. The normalized spacial score (nSPS) is 11.5. The second-order valence-electron chi connectivity index (χ2n) is 3.87. The summed E-state index contributed by atoms with van der Waals surface area (Å²) in [6, 6.07) is 11.8. The van der Waals surface area contributed by atoms with Gasteiger partial charge in [-0.15, -0.1) is 0 Å². The molecule has 2 aromatic rings. The second-order valence-corrected chi connectivity index (χ2v) is 6.05. The molecule has 0 aliphatic heterocycles. The smallest absolute Gasteiger partial charge is 0.207 e. The molecule has 0 amide bonds. The zero-order valence-electron chi connectivity index (χ0n) is 9.81. The van der Waals surface area contributed by atoms with Crippen LogP contribution in [0.15, 0.2) is 53.4 Å². The maximum Gasteiger partial charge on any atom is 0.240 e. The molecule has 0 spiro atoms. The maximum absolute atomic E-state index is 12.9. The van der Waals surface area contributed by atoms with Crippen LogP contribution in [0.25, 0.3) is 0 Å². The number of hydrogen-bond acceptors (Lipinski definition) is 2. The van der Waals surface area contributed by atoms with Crippen LogP contribution in [-0.2, 0) is 16.6 Å². The van der Waals surface area contributed by atoms with Crippen LogP contribution in [0, 0.1) is 5.82 Å². The van der Waals surface area contributed by atoms with Crippen LogP contribution >= 0.6 is 11.6 Å². The Morgan fingerprint density at radius 3 is 2.42 bits per heavy atom. The first kappa shape index (κ1) is 14.0. The molecule has 0 fully saturated rings. The summed E-state index contributed by atoms with van der Waals surface area (Å²) in [5.74, 6) is -0.459. The molecular formula is C13H11ClFNO2S. The molecule has 0 heterocycles. The van der Waals surface area contributed by atoms with E-state index >= 15 is 0 Å². The summed E-state index contributed by atoms with van der Waals surface area (Å²) in [4.78, 5) is 0.174. The van der Waals surface area contributed by atoms with E-state index in [-0.39, 0.29) is 16.5 Å². The Morgan fingerprint density at radius 2 is 1.79 bits per heavy atom. The largest absolute Gasteiger partial charge is 0.240 e. The summed E-state index contributed by atoms with van der Waals surface area (Å²) in [5.41, 5.74) is 0.516. The van der Waals surface area contributed by atoms with Gasteiger partial charge in [-0.3, -0.25) is 0 Å². The van der Waals surface area contributed by atoms with Crippen LogP contribution in [0.1, 0.15) is 5.56 Å². The Balaban J connectivity index is 2.14. The molecule has 0 atom stereocenters.